The molecule has 110 valence electrons. The molecule has 3 fully saturated rings. The Morgan fingerprint density at radius 3 is 2.53 bits per heavy atom. The van der Waals surface area contributed by atoms with E-state index in [0.29, 0.717) is 6.04 Å². The van der Waals surface area contributed by atoms with E-state index in [0.717, 1.165) is 71.7 Å². The molecule has 1 atom stereocenters. The summed E-state index contributed by atoms with van der Waals surface area (Å²) in [6, 6.07) is 0.579. The summed E-state index contributed by atoms with van der Waals surface area (Å²) in [6.45, 7) is 7.20. The van der Waals surface area contributed by atoms with Crippen LogP contribution in [0.1, 0.15) is 25.7 Å². The van der Waals surface area contributed by atoms with Gasteiger partial charge in [0.1, 0.15) is 0 Å². The largest absolute Gasteiger partial charge is 0.381 e. The highest BCUT2D eigenvalue weighted by atomic mass is 16.5. The van der Waals surface area contributed by atoms with Crippen molar-refractivity contribution in [3.63, 3.8) is 0 Å². The SMILES string of the molecule is CN1CCN(NC2CCOC3(CCOCC3)C2)CC1. The zero-order chi connectivity index (χ0) is 13.1. The van der Waals surface area contributed by atoms with Gasteiger partial charge in [-0.3, -0.25) is 5.43 Å². The molecule has 0 saturated carbocycles. The van der Waals surface area contributed by atoms with E-state index < -0.39 is 0 Å². The number of hydrogen-bond acceptors (Lipinski definition) is 5. The second-order valence-electron chi connectivity index (χ2n) is 6.25. The molecular weight excluding hydrogens is 242 g/mol. The molecule has 3 rings (SSSR count). The number of ether oxygens (including phenoxy) is 2. The fourth-order valence-electron chi connectivity index (χ4n) is 3.42. The van der Waals surface area contributed by atoms with Crippen LogP contribution < -0.4 is 5.43 Å². The minimum absolute atomic E-state index is 0.0980. The van der Waals surface area contributed by atoms with Gasteiger partial charge in [-0.2, -0.15) is 0 Å². The van der Waals surface area contributed by atoms with Gasteiger partial charge in [0, 0.05) is 52.0 Å². The Kier molecular flexibility index (Phi) is 4.39. The lowest BCUT2D eigenvalue weighted by molar-refractivity contribution is -0.145. The summed E-state index contributed by atoms with van der Waals surface area (Å²) < 4.78 is 11.6. The summed E-state index contributed by atoms with van der Waals surface area (Å²) in [7, 11) is 2.20. The van der Waals surface area contributed by atoms with Crippen molar-refractivity contribution >= 4 is 0 Å². The quantitative estimate of drug-likeness (QED) is 0.788. The molecule has 1 spiro atoms. The van der Waals surface area contributed by atoms with Crippen LogP contribution in [0.15, 0.2) is 0 Å². The lowest BCUT2D eigenvalue weighted by Gasteiger charge is -2.45. The van der Waals surface area contributed by atoms with Gasteiger partial charge in [0.15, 0.2) is 0 Å². The molecule has 1 unspecified atom stereocenters. The maximum Gasteiger partial charge on any atom is 0.0741 e. The van der Waals surface area contributed by atoms with Gasteiger partial charge in [-0.15, -0.1) is 0 Å². The highest BCUT2D eigenvalue weighted by Gasteiger charge is 2.39. The average Bonchev–Trinajstić information content (AvgIpc) is 2.42. The van der Waals surface area contributed by atoms with E-state index in [2.05, 4.69) is 22.4 Å². The molecule has 0 aromatic rings. The molecule has 19 heavy (non-hydrogen) atoms. The van der Waals surface area contributed by atoms with Gasteiger partial charge in [-0.1, -0.05) is 0 Å². The summed E-state index contributed by atoms with van der Waals surface area (Å²) in [4.78, 5) is 2.39. The van der Waals surface area contributed by atoms with Gasteiger partial charge in [-0.05, 0) is 32.7 Å². The molecule has 5 nitrogen and oxygen atoms in total. The zero-order valence-corrected chi connectivity index (χ0v) is 12.1. The minimum Gasteiger partial charge on any atom is -0.381 e. The molecule has 0 amide bonds. The van der Waals surface area contributed by atoms with Crippen molar-refractivity contribution < 1.29 is 9.47 Å². The third kappa shape index (κ3) is 3.47. The number of likely N-dealkylation sites (N-methyl/N-ethyl adjacent to an activating group) is 1. The number of rotatable bonds is 2. The molecule has 0 radical (unpaired) electrons. The maximum atomic E-state index is 6.10. The van der Waals surface area contributed by atoms with Crippen molar-refractivity contribution in [3.8, 4) is 0 Å². The normalized spacial score (nSPS) is 33.6. The van der Waals surface area contributed by atoms with Crippen LogP contribution in [0.2, 0.25) is 0 Å². The molecule has 0 aromatic heterocycles. The Morgan fingerprint density at radius 2 is 1.79 bits per heavy atom. The molecule has 0 aliphatic carbocycles. The van der Waals surface area contributed by atoms with Crippen LogP contribution in [0.4, 0.5) is 0 Å². The summed E-state index contributed by atoms with van der Waals surface area (Å²) in [5.41, 5.74) is 3.83. The summed E-state index contributed by atoms with van der Waals surface area (Å²) >= 11 is 0. The van der Waals surface area contributed by atoms with E-state index in [4.69, 9.17) is 9.47 Å². The van der Waals surface area contributed by atoms with Crippen molar-refractivity contribution in [2.45, 2.75) is 37.3 Å². The highest BCUT2D eigenvalue weighted by molar-refractivity contribution is 4.91. The monoisotopic (exact) mass is 269 g/mol. The van der Waals surface area contributed by atoms with E-state index in [1.54, 1.807) is 0 Å². The number of hydrazine groups is 1. The van der Waals surface area contributed by atoms with Gasteiger partial charge in [0.2, 0.25) is 0 Å². The van der Waals surface area contributed by atoms with Crippen LogP contribution in [0.3, 0.4) is 0 Å². The van der Waals surface area contributed by atoms with E-state index in [1.807, 2.05) is 0 Å². The first kappa shape index (κ1) is 13.8. The fraction of sp³-hybridized carbons (Fsp3) is 1.00. The van der Waals surface area contributed by atoms with Gasteiger partial charge in [-0.25, -0.2) is 5.01 Å². The van der Waals surface area contributed by atoms with Crippen molar-refractivity contribution in [1.82, 2.24) is 15.3 Å². The number of nitrogens with zero attached hydrogens (tertiary/aromatic N) is 2. The van der Waals surface area contributed by atoms with Crippen molar-refractivity contribution in [3.05, 3.63) is 0 Å². The Morgan fingerprint density at radius 1 is 1.05 bits per heavy atom. The first-order chi connectivity index (χ1) is 9.26. The molecule has 0 aromatic carbocycles. The molecule has 1 N–H and O–H groups in total. The Labute approximate surface area is 116 Å². The average molecular weight is 269 g/mol. The number of hydrogen-bond donors (Lipinski definition) is 1. The Bertz CT molecular complexity index is 281. The maximum absolute atomic E-state index is 6.10. The summed E-state index contributed by atoms with van der Waals surface area (Å²) in [5.74, 6) is 0. The summed E-state index contributed by atoms with van der Waals surface area (Å²) in [5, 5.41) is 2.41. The molecule has 3 heterocycles. The third-order valence-corrected chi connectivity index (χ3v) is 4.77. The van der Waals surface area contributed by atoms with Crippen molar-refractivity contribution in [2.24, 2.45) is 0 Å². The second-order valence-corrected chi connectivity index (χ2v) is 6.25. The highest BCUT2D eigenvalue weighted by Crippen LogP contribution is 2.34. The predicted octanol–water partition coefficient (Wildman–Crippen LogP) is 0.467. The Hall–Kier alpha value is -0.200. The smallest absolute Gasteiger partial charge is 0.0741 e. The van der Waals surface area contributed by atoms with Crippen molar-refractivity contribution in [1.29, 1.82) is 0 Å². The molecule has 3 aliphatic rings. The van der Waals surface area contributed by atoms with Crippen LogP contribution in [0.5, 0.6) is 0 Å². The third-order valence-electron chi connectivity index (χ3n) is 4.77. The molecule has 0 bridgehead atoms. The standard InChI is InChI=1S/C14H27N3O2/c1-16-5-7-17(8-6-16)15-13-2-9-19-14(12-13)3-10-18-11-4-14/h13,15H,2-12H2,1H3. The lowest BCUT2D eigenvalue weighted by atomic mass is 9.84. The van der Waals surface area contributed by atoms with E-state index in [-0.39, 0.29) is 5.60 Å². The fourth-order valence-corrected chi connectivity index (χ4v) is 3.42. The van der Waals surface area contributed by atoms with Crippen LogP contribution >= 0.6 is 0 Å². The number of piperazine rings is 1. The predicted molar refractivity (Wildman–Crippen MR) is 74.0 cm³/mol. The van der Waals surface area contributed by atoms with Crippen LogP contribution in [-0.4, -0.2) is 74.6 Å². The lowest BCUT2D eigenvalue weighted by Crippen LogP contribution is -2.57. The minimum atomic E-state index is 0.0980. The first-order valence-corrected chi connectivity index (χ1v) is 7.67. The Balaban J connectivity index is 1.50. The van der Waals surface area contributed by atoms with E-state index in [1.165, 1.54) is 0 Å². The van der Waals surface area contributed by atoms with Crippen LogP contribution in [0.25, 0.3) is 0 Å². The topological polar surface area (TPSA) is 37.0 Å². The molecule has 5 heteroatoms. The van der Waals surface area contributed by atoms with Gasteiger partial charge in [0.25, 0.3) is 0 Å². The molecular formula is C14H27N3O2. The van der Waals surface area contributed by atoms with Crippen molar-refractivity contribution in [2.75, 3.05) is 53.0 Å². The van der Waals surface area contributed by atoms with E-state index >= 15 is 0 Å². The van der Waals surface area contributed by atoms with E-state index in [9.17, 15) is 0 Å². The van der Waals surface area contributed by atoms with Crippen LogP contribution in [0, 0.1) is 0 Å². The van der Waals surface area contributed by atoms with Gasteiger partial charge < -0.3 is 14.4 Å². The zero-order valence-electron chi connectivity index (χ0n) is 12.1. The molecule has 3 aliphatic heterocycles. The number of nitrogens with one attached hydrogen (secondary N) is 1. The van der Waals surface area contributed by atoms with Crippen LogP contribution in [-0.2, 0) is 9.47 Å². The first-order valence-electron chi connectivity index (χ1n) is 7.67. The second kappa shape index (κ2) is 6.06. The van der Waals surface area contributed by atoms with Gasteiger partial charge >= 0.3 is 0 Å². The summed E-state index contributed by atoms with van der Waals surface area (Å²) in [6.07, 6.45) is 4.40. The molecule has 3 saturated heterocycles. The van der Waals surface area contributed by atoms with Gasteiger partial charge in [0.05, 0.1) is 5.60 Å².